The van der Waals surface area contributed by atoms with Gasteiger partial charge in [0, 0.05) is 11.3 Å². The molecule has 1 aliphatic heterocycles. The summed E-state index contributed by atoms with van der Waals surface area (Å²) in [6.07, 6.45) is 0.899. The van der Waals surface area contributed by atoms with E-state index < -0.39 is 11.2 Å². The molecule has 1 N–H and O–H groups in total. The van der Waals surface area contributed by atoms with Gasteiger partial charge < -0.3 is 5.11 Å². The molecule has 1 atom stereocenters. The van der Waals surface area contributed by atoms with Crippen molar-refractivity contribution < 1.29 is 19.5 Å². The number of nitrogens with zero attached hydrogens (tertiary/aromatic N) is 1. The minimum absolute atomic E-state index is 0.154. The SMILES string of the molecule is CC(C)(C)SC(CCCN1C(=O)c2ccccc2C1=O)C(=O)O. The summed E-state index contributed by atoms with van der Waals surface area (Å²) in [6, 6.07) is 6.75. The number of carboxylic acids is 1. The number of hydrogen-bond donors (Lipinski definition) is 1. The Kier molecular flexibility index (Phi) is 5.14. The predicted molar refractivity (Wildman–Crippen MR) is 89.8 cm³/mol. The van der Waals surface area contributed by atoms with Gasteiger partial charge in [-0.2, -0.15) is 0 Å². The van der Waals surface area contributed by atoms with E-state index in [1.165, 1.54) is 16.7 Å². The zero-order valence-corrected chi connectivity index (χ0v) is 14.4. The van der Waals surface area contributed by atoms with E-state index in [-0.39, 0.29) is 23.1 Å². The first-order chi connectivity index (χ1) is 10.7. The van der Waals surface area contributed by atoms with Gasteiger partial charge in [-0.1, -0.05) is 32.9 Å². The van der Waals surface area contributed by atoms with Crippen molar-refractivity contribution in [1.29, 1.82) is 0 Å². The van der Waals surface area contributed by atoms with Gasteiger partial charge in [-0.25, -0.2) is 0 Å². The van der Waals surface area contributed by atoms with Crippen LogP contribution in [-0.2, 0) is 4.79 Å². The summed E-state index contributed by atoms with van der Waals surface area (Å²) >= 11 is 1.39. The number of imide groups is 1. The molecular weight excluding hydrogens is 314 g/mol. The Morgan fingerprint density at radius 2 is 1.70 bits per heavy atom. The van der Waals surface area contributed by atoms with Crippen LogP contribution in [-0.4, -0.2) is 44.3 Å². The van der Waals surface area contributed by atoms with Crippen molar-refractivity contribution in [2.45, 2.75) is 43.6 Å². The molecule has 23 heavy (non-hydrogen) atoms. The van der Waals surface area contributed by atoms with Crippen LogP contribution in [0.15, 0.2) is 24.3 Å². The molecule has 1 aliphatic rings. The van der Waals surface area contributed by atoms with Gasteiger partial charge >= 0.3 is 5.97 Å². The highest BCUT2D eigenvalue weighted by Gasteiger charge is 2.35. The van der Waals surface area contributed by atoms with E-state index in [0.29, 0.717) is 24.0 Å². The lowest BCUT2D eigenvalue weighted by Crippen LogP contribution is -2.32. The molecule has 1 unspecified atom stereocenters. The number of amides is 2. The van der Waals surface area contributed by atoms with Crippen LogP contribution >= 0.6 is 11.8 Å². The van der Waals surface area contributed by atoms with Gasteiger partial charge in [0.15, 0.2) is 0 Å². The lowest BCUT2D eigenvalue weighted by molar-refractivity contribution is -0.136. The van der Waals surface area contributed by atoms with Crippen molar-refractivity contribution >= 4 is 29.5 Å². The molecule has 0 aliphatic carbocycles. The van der Waals surface area contributed by atoms with E-state index in [1.807, 2.05) is 20.8 Å². The van der Waals surface area contributed by atoms with E-state index in [1.54, 1.807) is 24.3 Å². The first-order valence-corrected chi connectivity index (χ1v) is 8.44. The molecular formula is C17H21NO4S. The summed E-state index contributed by atoms with van der Waals surface area (Å²) in [5.41, 5.74) is 0.854. The Hall–Kier alpha value is -1.82. The number of hydrogen-bond acceptors (Lipinski definition) is 4. The molecule has 1 aromatic carbocycles. The van der Waals surface area contributed by atoms with Crippen molar-refractivity contribution in [1.82, 2.24) is 4.90 Å². The van der Waals surface area contributed by atoms with Crippen molar-refractivity contribution in [3.8, 4) is 0 Å². The normalized spacial score (nSPS) is 15.7. The van der Waals surface area contributed by atoms with Crippen molar-refractivity contribution in [2.24, 2.45) is 0 Å². The molecule has 2 amide bonds. The minimum atomic E-state index is -0.854. The number of carbonyl (C=O) groups excluding carboxylic acids is 2. The van der Waals surface area contributed by atoms with Gasteiger partial charge in [0.05, 0.1) is 11.1 Å². The second-order valence-electron chi connectivity index (χ2n) is 6.51. The van der Waals surface area contributed by atoms with E-state index in [0.717, 1.165) is 0 Å². The maximum Gasteiger partial charge on any atom is 0.316 e. The van der Waals surface area contributed by atoms with Gasteiger partial charge in [-0.3, -0.25) is 19.3 Å². The van der Waals surface area contributed by atoms with Crippen LogP contribution in [0.2, 0.25) is 0 Å². The molecule has 0 bridgehead atoms. The van der Waals surface area contributed by atoms with E-state index in [4.69, 9.17) is 0 Å². The fourth-order valence-electron chi connectivity index (χ4n) is 2.54. The average Bonchev–Trinajstić information content (AvgIpc) is 2.70. The third kappa shape index (κ3) is 4.13. The van der Waals surface area contributed by atoms with Crippen LogP contribution in [0.4, 0.5) is 0 Å². The molecule has 0 aromatic heterocycles. The Balaban J connectivity index is 1.95. The monoisotopic (exact) mass is 335 g/mol. The number of aliphatic carboxylic acids is 1. The summed E-state index contributed by atoms with van der Waals surface area (Å²) in [4.78, 5) is 37.0. The van der Waals surface area contributed by atoms with Crippen molar-refractivity contribution in [3.63, 3.8) is 0 Å². The number of fused-ring (bicyclic) bond motifs is 1. The van der Waals surface area contributed by atoms with Crippen LogP contribution in [0.25, 0.3) is 0 Å². The number of rotatable bonds is 6. The quantitative estimate of drug-likeness (QED) is 0.809. The number of thioether (sulfide) groups is 1. The molecule has 5 nitrogen and oxygen atoms in total. The van der Waals surface area contributed by atoms with Crippen LogP contribution in [0, 0.1) is 0 Å². The van der Waals surface area contributed by atoms with Crippen LogP contribution in [0.3, 0.4) is 0 Å². The summed E-state index contributed by atoms with van der Waals surface area (Å²) < 4.78 is -0.154. The third-order valence-corrected chi connectivity index (χ3v) is 4.93. The maximum atomic E-state index is 12.2. The first-order valence-electron chi connectivity index (χ1n) is 7.56. The number of carbonyl (C=O) groups is 3. The molecule has 0 saturated heterocycles. The highest BCUT2D eigenvalue weighted by Crippen LogP contribution is 2.31. The molecule has 6 heteroatoms. The summed E-state index contributed by atoms with van der Waals surface area (Å²) in [6.45, 7) is 6.16. The van der Waals surface area contributed by atoms with Gasteiger partial charge in [0.1, 0.15) is 5.25 Å². The molecule has 0 saturated carbocycles. The summed E-state index contributed by atoms with van der Waals surface area (Å²) in [5, 5.41) is 8.77. The fraction of sp³-hybridized carbons (Fsp3) is 0.471. The first kappa shape index (κ1) is 17.5. The smallest absolute Gasteiger partial charge is 0.316 e. The van der Waals surface area contributed by atoms with Crippen LogP contribution < -0.4 is 0 Å². The molecule has 1 heterocycles. The zero-order valence-electron chi connectivity index (χ0n) is 13.5. The fourth-order valence-corrected chi connectivity index (χ4v) is 3.78. The van der Waals surface area contributed by atoms with E-state index in [2.05, 4.69) is 0 Å². The van der Waals surface area contributed by atoms with Crippen LogP contribution in [0.5, 0.6) is 0 Å². The van der Waals surface area contributed by atoms with Gasteiger partial charge in [-0.05, 0) is 25.0 Å². The highest BCUT2D eigenvalue weighted by atomic mass is 32.2. The zero-order chi connectivity index (χ0) is 17.2. The second kappa shape index (κ2) is 6.74. The van der Waals surface area contributed by atoms with Gasteiger partial charge in [0.25, 0.3) is 11.8 Å². The molecule has 1 aromatic rings. The molecule has 2 rings (SSSR count). The average molecular weight is 335 g/mol. The highest BCUT2D eigenvalue weighted by molar-refractivity contribution is 8.01. The molecule has 0 radical (unpaired) electrons. The lowest BCUT2D eigenvalue weighted by Gasteiger charge is -2.23. The topological polar surface area (TPSA) is 74.7 Å². The standard InChI is InChI=1S/C17H21NO4S/c1-17(2,3)23-13(16(21)22)9-6-10-18-14(19)11-7-4-5-8-12(11)15(18)20/h4-5,7-8,13H,6,9-10H2,1-3H3,(H,21,22). The Morgan fingerprint density at radius 1 is 1.17 bits per heavy atom. The van der Waals surface area contributed by atoms with Crippen LogP contribution in [0.1, 0.15) is 54.3 Å². The summed E-state index contributed by atoms with van der Waals surface area (Å²) in [5.74, 6) is -1.44. The van der Waals surface area contributed by atoms with Gasteiger partial charge in [0.2, 0.25) is 0 Å². The molecule has 0 spiro atoms. The Labute approximate surface area is 140 Å². The third-order valence-electron chi connectivity index (χ3n) is 3.50. The van der Waals surface area contributed by atoms with E-state index >= 15 is 0 Å². The van der Waals surface area contributed by atoms with Crippen molar-refractivity contribution in [3.05, 3.63) is 35.4 Å². The maximum absolute atomic E-state index is 12.2. The number of benzene rings is 1. The number of carboxylic acid groups (broad SMARTS) is 1. The lowest BCUT2D eigenvalue weighted by atomic mass is 10.1. The Morgan fingerprint density at radius 3 is 2.13 bits per heavy atom. The summed E-state index contributed by atoms with van der Waals surface area (Å²) in [7, 11) is 0. The van der Waals surface area contributed by atoms with Crippen molar-refractivity contribution in [2.75, 3.05) is 6.54 Å². The van der Waals surface area contributed by atoms with E-state index in [9.17, 15) is 19.5 Å². The molecule has 124 valence electrons. The Bertz CT molecular complexity index is 601. The second-order valence-corrected chi connectivity index (χ2v) is 8.54. The molecule has 0 fully saturated rings. The van der Waals surface area contributed by atoms with Gasteiger partial charge in [-0.15, -0.1) is 11.8 Å². The predicted octanol–water partition coefficient (Wildman–Crippen LogP) is 3.05. The largest absolute Gasteiger partial charge is 0.480 e. The minimum Gasteiger partial charge on any atom is -0.480 e.